The minimum atomic E-state index is -1.62. The number of cyclic esters (lactones) is 1. The Labute approximate surface area is 224 Å². The number of carbonyl (C=O) groups is 3. The average molecular weight is 523 g/mol. The third kappa shape index (κ3) is 4.62. The zero-order valence-electron chi connectivity index (χ0n) is 23.0. The van der Waals surface area contributed by atoms with E-state index in [1.54, 1.807) is 45.0 Å². The van der Waals surface area contributed by atoms with E-state index in [-0.39, 0.29) is 12.5 Å². The third-order valence-electron chi connectivity index (χ3n) is 9.00. The van der Waals surface area contributed by atoms with Gasteiger partial charge in [-0.05, 0) is 50.3 Å². The molecule has 1 saturated carbocycles. The Morgan fingerprint density at radius 3 is 2.39 bits per heavy atom. The molecule has 0 saturated heterocycles. The van der Waals surface area contributed by atoms with Crippen LogP contribution in [0.1, 0.15) is 64.7 Å². The van der Waals surface area contributed by atoms with Gasteiger partial charge in [-0.3, -0.25) is 4.79 Å². The van der Waals surface area contributed by atoms with Gasteiger partial charge in [-0.2, -0.15) is 0 Å². The van der Waals surface area contributed by atoms with Gasteiger partial charge in [0.2, 0.25) is 0 Å². The largest absolute Gasteiger partial charge is 0.458 e. The molecular formula is C31H38O7. The SMILES string of the molecule is CC1=CCC[C@H]2[C@@]1(C)[C@@H](OC(=O)c1ccccc1)[C@H](OC(=O)C(C)C)[C@](C)(O)[C@]2(C)/C=C/C1=CC(=O)OC1. The molecule has 1 heterocycles. The monoisotopic (exact) mass is 522 g/mol. The Kier molecular flexibility index (Phi) is 7.45. The maximum absolute atomic E-state index is 13.4. The van der Waals surface area contributed by atoms with Crippen LogP contribution >= 0.6 is 0 Å². The molecule has 0 radical (unpaired) electrons. The van der Waals surface area contributed by atoms with Crippen LogP contribution in [0, 0.1) is 22.7 Å². The Balaban J connectivity index is 1.86. The number of ether oxygens (including phenoxy) is 3. The highest BCUT2D eigenvalue weighted by atomic mass is 16.6. The van der Waals surface area contributed by atoms with Gasteiger partial charge in [0.05, 0.1) is 11.5 Å². The van der Waals surface area contributed by atoms with Crippen LogP contribution < -0.4 is 0 Å². The number of fused-ring (bicyclic) bond motifs is 1. The van der Waals surface area contributed by atoms with Crippen molar-refractivity contribution >= 4 is 17.9 Å². The maximum Gasteiger partial charge on any atom is 0.338 e. The molecule has 1 fully saturated rings. The molecule has 0 bridgehead atoms. The average Bonchev–Trinajstić information content (AvgIpc) is 3.30. The van der Waals surface area contributed by atoms with Crippen molar-refractivity contribution in [3.63, 3.8) is 0 Å². The third-order valence-corrected chi connectivity index (χ3v) is 9.00. The van der Waals surface area contributed by atoms with Gasteiger partial charge in [-0.25, -0.2) is 9.59 Å². The highest BCUT2D eigenvalue weighted by molar-refractivity contribution is 5.89. The molecule has 38 heavy (non-hydrogen) atoms. The molecule has 6 atom stereocenters. The summed E-state index contributed by atoms with van der Waals surface area (Å²) in [6.07, 6.45) is 6.72. The topological polar surface area (TPSA) is 99.1 Å². The number of carbonyl (C=O) groups excluding carboxylic acids is 3. The van der Waals surface area contributed by atoms with Gasteiger partial charge in [0.1, 0.15) is 12.2 Å². The zero-order valence-corrected chi connectivity index (χ0v) is 23.0. The molecule has 7 nitrogen and oxygen atoms in total. The van der Waals surface area contributed by atoms with Crippen LogP contribution in [0.5, 0.6) is 0 Å². The minimum Gasteiger partial charge on any atom is -0.458 e. The number of esters is 3. The molecule has 1 N–H and O–H groups in total. The van der Waals surface area contributed by atoms with Crippen LogP contribution in [0.4, 0.5) is 0 Å². The fourth-order valence-corrected chi connectivity index (χ4v) is 6.30. The van der Waals surface area contributed by atoms with Crippen molar-refractivity contribution in [3.05, 3.63) is 71.3 Å². The fraction of sp³-hybridized carbons (Fsp3) is 0.516. The fourth-order valence-electron chi connectivity index (χ4n) is 6.30. The zero-order chi connectivity index (χ0) is 27.9. The molecule has 204 valence electrons. The minimum absolute atomic E-state index is 0.164. The summed E-state index contributed by atoms with van der Waals surface area (Å²) >= 11 is 0. The molecule has 0 spiro atoms. The van der Waals surface area contributed by atoms with Gasteiger partial charge in [-0.15, -0.1) is 0 Å². The van der Waals surface area contributed by atoms with Crippen LogP contribution in [-0.4, -0.2) is 47.4 Å². The number of allylic oxidation sites excluding steroid dienone is 1. The van der Waals surface area contributed by atoms with Crippen molar-refractivity contribution in [2.45, 2.75) is 72.2 Å². The van der Waals surface area contributed by atoms with Crippen LogP contribution in [0.25, 0.3) is 0 Å². The van der Waals surface area contributed by atoms with E-state index in [4.69, 9.17) is 14.2 Å². The van der Waals surface area contributed by atoms with Gasteiger partial charge in [-0.1, -0.05) is 69.7 Å². The smallest absolute Gasteiger partial charge is 0.338 e. The van der Waals surface area contributed by atoms with E-state index in [0.717, 1.165) is 18.4 Å². The Hall–Kier alpha value is -3.19. The number of rotatable bonds is 6. The van der Waals surface area contributed by atoms with Crippen LogP contribution in [0.2, 0.25) is 0 Å². The molecule has 1 aromatic carbocycles. The Morgan fingerprint density at radius 2 is 1.79 bits per heavy atom. The predicted molar refractivity (Wildman–Crippen MR) is 142 cm³/mol. The second-order valence-electron chi connectivity index (χ2n) is 11.6. The van der Waals surface area contributed by atoms with Gasteiger partial charge in [0.25, 0.3) is 0 Å². The molecule has 7 heteroatoms. The lowest BCUT2D eigenvalue weighted by molar-refractivity contribution is -0.261. The molecule has 2 aliphatic carbocycles. The lowest BCUT2D eigenvalue weighted by Gasteiger charge is -2.64. The molecule has 0 unspecified atom stereocenters. The van der Waals surface area contributed by atoms with Crippen LogP contribution in [0.3, 0.4) is 0 Å². The van der Waals surface area contributed by atoms with Gasteiger partial charge >= 0.3 is 17.9 Å². The quantitative estimate of drug-likeness (QED) is 0.321. The van der Waals surface area contributed by atoms with Crippen molar-refractivity contribution in [1.29, 1.82) is 0 Å². The first kappa shape index (κ1) is 27.8. The van der Waals surface area contributed by atoms with Crippen molar-refractivity contribution in [2.24, 2.45) is 22.7 Å². The molecular weight excluding hydrogens is 484 g/mol. The summed E-state index contributed by atoms with van der Waals surface area (Å²) in [5.41, 5.74) is -1.20. The molecule has 1 aliphatic heterocycles. The van der Waals surface area contributed by atoms with E-state index >= 15 is 0 Å². The molecule has 0 aromatic heterocycles. The normalized spacial score (nSPS) is 34.8. The first-order chi connectivity index (χ1) is 17.8. The van der Waals surface area contributed by atoms with E-state index in [2.05, 4.69) is 6.08 Å². The lowest BCUT2D eigenvalue weighted by Crippen LogP contribution is -2.72. The van der Waals surface area contributed by atoms with Gasteiger partial charge in [0, 0.05) is 16.9 Å². The Morgan fingerprint density at radius 1 is 1.11 bits per heavy atom. The first-order valence-electron chi connectivity index (χ1n) is 13.2. The number of hydrogen-bond donors (Lipinski definition) is 1. The van der Waals surface area contributed by atoms with E-state index in [1.807, 2.05) is 39.0 Å². The molecule has 0 amide bonds. The highest BCUT2D eigenvalue weighted by Crippen LogP contribution is 2.63. The standard InChI is InChI=1S/C31H38O7/c1-19(2)27(33)38-26-25(37-28(34)22-12-8-7-9-13-22)30(5)20(3)11-10-14-23(30)29(4,31(26,6)35)16-15-21-17-24(32)36-18-21/h7-9,11-13,15-17,19,23,25-26,35H,10,14,18H2,1-6H3/b16-15+/t23-,25+,26+,29-,30+,31+/m1/s1. The number of aliphatic hydroxyl groups is 1. The molecule has 1 aromatic rings. The van der Waals surface area contributed by atoms with E-state index in [9.17, 15) is 19.5 Å². The van der Waals surface area contributed by atoms with Gasteiger partial charge < -0.3 is 19.3 Å². The Bertz CT molecular complexity index is 1190. The van der Waals surface area contributed by atoms with E-state index < -0.39 is 52.5 Å². The van der Waals surface area contributed by atoms with Crippen LogP contribution in [0.15, 0.2) is 65.8 Å². The first-order valence-corrected chi connectivity index (χ1v) is 13.2. The molecule has 4 rings (SSSR count). The predicted octanol–water partition coefficient (Wildman–Crippen LogP) is 4.95. The van der Waals surface area contributed by atoms with Crippen molar-refractivity contribution in [1.82, 2.24) is 0 Å². The van der Waals surface area contributed by atoms with Crippen molar-refractivity contribution in [2.75, 3.05) is 6.61 Å². The summed E-state index contributed by atoms with van der Waals surface area (Å²) in [6, 6.07) is 8.68. The molecule has 3 aliphatic rings. The van der Waals surface area contributed by atoms with E-state index in [0.29, 0.717) is 11.1 Å². The summed E-state index contributed by atoms with van der Waals surface area (Å²) in [5, 5.41) is 12.3. The van der Waals surface area contributed by atoms with Crippen molar-refractivity contribution < 1.29 is 33.7 Å². The maximum atomic E-state index is 13.4. The second-order valence-corrected chi connectivity index (χ2v) is 11.6. The summed E-state index contributed by atoms with van der Waals surface area (Å²) < 4.78 is 17.3. The summed E-state index contributed by atoms with van der Waals surface area (Å²) in [7, 11) is 0. The summed E-state index contributed by atoms with van der Waals surface area (Å²) in [4.78, 5) is 38.0. The van der Waals surface area contributed by atoms with Crippen molar-refractivity contribution in [3.8, 4) is 0 Å². The highest BCUT2D eigenvalue weighted by Gasteiger charge is 2.69. The lowest BCUT2D eigenvalue weighted by atomic mass is 9.44. The van der Waals surface area contributed by atoms with Crippen LogP contribution in [-0.2, 0) is 23.8 Å². The number of hydrogen-bond acceptors (Lipinski definition) is 7. The van der Waals surface area contributed by atoms with E-state index in [1.165, 1.54) is 6.08 Å². The summed E-state index contributed by atoms with van der Waals surface area (Å²) in [6.45, 7) is 11.3. The van der Waals surface area contributed by atoms with Gasteiger partial charge in [0.15, 0.2) is 12.2 Å². The summed E-state index contributed by atoms with van der Waals surface area (Å²) in [5.74, 6) is -2.05. The number of benzene rings is 1. The second kappa shape index (κ2) is 10.2.